The standard InChI is InChI=1S/C26H27N5O3/c1-18-11-24(34-30-18)22-5-6-25(32)31(16-22)15-20-3-2-4-21(12-20)26-28-13-23(14-29-26)33-17-19-7-9-27-10-8-19/h2-6,11-14,16,19,27H,7-10,15,17H2,1H3. The normalized spacial score (nSPS) is 14.3. The zero-order valence-corrected chi connectivity index (χ0v) is 19.1. The summed E-state index contributed by atoms with van der Waals surface area (Å²) in [6.45, 7) is 5.09. The predicted molar refractivity (Wildman–Crippen MR) is 129 cm³/mol. The quantitative estimate of drug-likeness (QED) is 0.452. The van der Waals surface area contributed by atoms with Crippen LogP contribution in [0.1, 0.15) is 24.1 Å². The van der Waals surface area contributed by atoms with E-state index < -0.39 is 0 Å². The number of nitrogens with zero attached hydrogens (tertiary/aromatic N) is 4. The smallest absolute Gasteiger partial charge is 0.250 e. The number of ether oxygens (including phenoxy) is 1. The fourth-order valence-electron chi connectivity index (χ4n) is 4.11. The maximum Gasteiger partial charge on any atom is 0.250 e. The van der Waals surface area contributed by atoms with Crippen LogP contribution >= 0.6 is 0 Å². The highest BCUT2D eigenvalue weighted by atomic mass is 16.5. The Balaban J connectivity index is 1.29. The molecule has 4 aromatic rings. The van der Waals surface area contributed by atoms with Crippen molar-refractivity contribution < 1.29 is 9.26 Å². The Bertz CT molecular complexity index is 1310. The highest BCUT2D eigenvalue weighted by Gasteiger charge is 2.14. The molecule has 0 bridgehead atoms. The van der Waals surface area contributed by atoms with E-state index in [9.17, 15) is 4.79 Å². The van der Waals surface area contributed by atoms with Gasteiger partial charge in [0, 0.05) is 29.5 Å². The van der Waals surface area contributed by atoms with Gasteiger partial charge in [0.05, 0.1) is 31.2 Å². The summed E-state index contributed by atoms with van der Waals surface area (Å²) >= 11 is 0. The van der Waals surface area contributed by atoms with Gasteiger partial charge in [-0.15, -0.1) is 0 Å². The molecular formula is C26H27N5O3. The molecule has 8 nitrogen and oxygen atoms in total. The van der Waals surface area contributed by atoms with Gasteiger partial charge in [-0.05, 0) is 56.5 Å². The van der Waals surface area contributed by atoms with Gasteiger partial charge >= 0.3 is 0 Å². The molecule has 174 valence electrons. The largest absolute Gasteiger partial charge is 0.490 e. The first kappa shape index (κ1) is 22.0. The number of aromatic nitrogens is 4. The van der Waals surface area contributed by atoms with Gasteiger partial charge in [0.15, 0.2) is 17.3 Å². The van der Waals surface area contributed by atoms with Crippen molar-refractivity contribution in [1.29, 1.82) is 0 Å². The Kier molecular flexibility index (Phi) is 6.49. The molecule has 0 saturated carbocycles. The SMILES string of the molecule is Cc1cc(-c2ccc(=O)n(Cc3cccc(-c4ncc(OCC5CCNCC5)cn4)c3)c2)on1. The summed E-state index contributed by atoms with van der Waals surface area (Å²) in [5, 5.41) is 7.29. The van der Waals surface area contributed by atoms with Crippen molar-refractivity contribution in [2.45, 2.75) is 26.3 Å². The topological polar surface area (TPSA) is 95.1 Å². The Morgan fingerprint density at radius 3 is 2.68 bits per heavy atom. The fraction of sp³-hybridized carbons (Fsp3) is 0.308. The summed E-state index contributed by atoms with van der Waals surface area (Å²) in [7, 11) is 0. The number of rotatable bonds is 7. The molecular weight excluding hydrogens is 430 g/mol. The van der Waals surface area contributed by atoms with E-state index in [0.717, 1.165) is 48.3 Å². The van der Waals surface area contributed by atoms with E-state index in [1.165, 1.54) is 0 Å². The van der Waals surface area contributed by atoms with Crippen LogP contribution in [0.5, 0.6) is 5.75 Å². The molecule has 0 aliphatic carbocycles. The van der Waals surface area contributed by atoms with Crippen LogP contribution in [0.4, 0.5) is 0 Å². The molecule has 8 heteroatoms. The first-order chi connectivity index (χ1) is 16.6. The minimum Gasteiger partial charge on any atom is -0.490 e. The van der Waals surface area contributed by atoms with E-state index >= 15 is 0 Å². The maximum absolute atomic E-state index is 12.5. The van der Waals surface area contributed by atoms with Gasteiger partial charge in [0.2, 0.25) is 0 Å². The number of hydrogen-bond donors (Lipinski definition) is 1. The number of pyridine rings is 1. The van der Waals surface area contributed by atoms with Crippen molar-refractivity contribution in [2.75, 3.05) is 19.7 Å². The molecule has 5 rings (SSSR count). The van der Waals surface area contributed by atoms with Gasteiger partial charge in [-0.25, -0.2) is 9.97 Å². The van der Waals surface area contributed by atoms with Crippen LogP contribution in [0.3, 0.4) is 0 Å². The highest BCUT2D eigenvalue weighted by Crippen LogP contribution is 2.21. The van der Waals surface area contributed by atoms with E-state index in [1.807, 2.05) is 37.3 Å². The van der Waals surface area contributed by atoms with Gasteiger partial charge in [-0.2, -0.15) is 0 Å². The summed E-state index contributed by atoms with van der Waals surface area (Å²) in [5.74, 6) is 2.52. The van der Waals surface area contributed by atoms with Crippen molar-refractivity contribution in [1.82, 2.24) is 25.0 Å². The van der Waals surface area contributed by atoms with Crippen LogP contribution in [0.25, 0.3) is 22.7 Å². The van der Waals surface area contributed by atoms with Crippen molar-refractivity contribution in [3.8, 4) is 28.5 Å². The summed E-state index contributed by atoms with van der Waals surface area (Å²) < 4.78 is 12.9. The van der Waals surface area contributed by atoms with E-state index in [-0.39, 0.29) is 5.56 Å². The Hall–Kier alpha value is -3.78. The lowest BCUT2D eigenvalue weighted by atomic mass is 9.99. The molecule has 1 N–H and O–H groups in total. The number of nitrogens with one attached hydrogen (secondary N) is 1. The van der Waals surface area contributed by atoms with Crippen LogP contribution in [0.2, 0.25) is 0 Å². The summed E-state index contributed by atoms with van der Waals surface area (Å²) in [4.78, 5) is 21.5. The molecule has 0 amide bonds. The van der Waals surface area contributed by atoms with Crippen molar-refractivity contribution in [2.24, 2.45) is 5.92 Å². The van der Waals surface area contributed by atoms with Gasteiger partial charge in [0.25, 0.3) is 5.56 Å². The summed E-state index contributed by atoms with van der Waals surface area (Å²) in [6, 6.07) is 13.0. The molecule has 1 saturated heterocycles. The minimum absolute atomic E-state index is 0.0862. The minimum atomic E-state index is -0.0862. The predicted octanol–water partition coefficient (Wildman–Crippen LogP) is 3.70. The molecule has 0 atom stereocenters. The molecule has 1 fully saturated rings. The first-order valence-corrected chi connectivity index (χ1v) is 11.5. The molecule has 34 heavy (non-hydrogen) atoms. The molecule has 0 radical (unpaired) electrons. The first-order valence-electron chi connectivity index (χ1n) is 11.5. The van der Waals surface area contributed by atoms with Crippen molar-refractivity contribution >= 4 is 0 Å². The zero-order valence-electron chi connectivity index (χ0n) is 19.1. The number of hydrogen-bond acceptors (Lipinski definition) is 7. The number of benzene rings is 1. The average molecular weight is 458 g/mol. The lowest BCUT2D eigenvalue weighted by molar-refractivity contribution is 0.214. The number of piperidine rings is 1. The van der Waals surface area contributed by atoms with Gasteiger partial charge < -0.3 is 19.1 Å². The Morgan fingerprint density at radius 1 is 1.09 bits per heavy atom. The second-order valence-corrected chi connectivity index (χ2v) is 8.66. The van der Waals surface area contributed by atoms with Crippen LogP contribution < -0.4 is 15.6 Å². The lowest BCUT2D eigenvalue weighted by Crippen LogP contribution is -2.30. The molecule has 1 aliphatic heterocycles. The molecule has 1 aliphatic rings. The maximum atomic E-state index is 12.5. The Labute approximate surface area is 197 Å². The summed E-state index contributed by atoms with van der Waals surface area (Å²) in [6.07, 6.45) is 7.51. The molecule has 3 aromatic heterocycles. The third kappa shape index (κ3) is 5.23. The summed E-state index contributed by atoms with van der Waals surface area (Å²) in [5.41, 5.74) is 3.37. The molecule has 4 heterocycles. The molecule has 1 aromatic carbocycles. The van der Waals surface area contributed by atoms with Gasteiger partial charge in [0.1, 0.15) is 0 Å². The van der Waals surface area contributed by atoms with E-state index in [1.54, 1.807) is 35.3 Å². The lowest BCUT2D eigenvalue weighted by Gasteiger charge is -2.22. The van der Waals surface area contributed by atoms with E-state index in [2.05, 4.69) is 20.4 Å². The molecule has 0 unspecified atom stereocenters. The van der Waals surface area contributed by atoms with Gasteiger partial charge in [-0.1, -0.05) is 23.4 Å². The fourth-order valence-corrected chi connectivity index (χ4v) is 4.11. The van der Waals surface area contributed by atoms with Crippen LogP contribution in [-0.4, -0.2) is 39.4 Å². The van der Waals surface area contributed by atoms with Gasteiger partial charge in [-0.3, -0.25) is 4.79 Å². The molecule has 0 spiro atoms. The Morgan fingerprint density at radius 2 is 1.91 bits per heavy atom. The average Bonchev–Trinajstić information content (AvgIpc) is 3.31. The third-order valence-electron chi connectivity index (χ3n) is 6.01. The zero-order chi connectivity index (χ0) is 23.3. The van der Waals surface area contributed by atoms with Crippen LogP contribution in [0.15, 0.2) is 70.4 Å². The van der Waals surface area contributed by atoms with Crippen LogP contribution in [-0.2, 0) is 6.54 Å². The van der Waals surface area contributed by atoms with E-state index in [0.29, 0.717) is 36.4 Å². The second-order valence-electron chi connectivity index (χ2n) is 8.66. The van der Waals surface area contributed by atoms with Crippen LogP contribution in [0, 0.1) is 12.8 Å². The monoisotopic (exact) mass is 457 g/mol. The highest BCUT2D eigenvalue weighted by molar-refractivity contribution is 5.57. The van der Waals surface area contributed by atoms with Crippen molar-refractivity contribution in [3.63, 3.8) is 0 Å². The second kappa shape index (κ2) is 10.0. The third-order valence-corrected chi connectivity index (χ3v) is 6.01. The van der Waals surface area contributed by atoms with E-state index in [4.69, 9.17) is 9.26 Å². The van der Waals surface area contributed by atoms with Crippen molar-refractivity contribution in [3.05, 3.63) is 82.7 Å². The number of aryl methyl sites for hydroxylation is 1.